The first-order valence-corrected chi connectivity index (χ1v) is 7.33. The van der Waals surface area contributed by atoms with E-state index in [1.54, 1.807) is 0 Å². The molecule has 1 fully saturated rings. The van der Waals surface area contributed by atoms with E-state index in [9.17, 15) is 9.18 Å². The SMILES string of the molecule is CC1CCCC(CCNc2ccc(F)cc2C(=O)O)C1. The van der Waals surface area contributed by atoms with Gasteiger partial charge in [0.05, 0.1) is 5.56 Å². The van der Waals surface area contributed by atoms with Gasteiger partial charge in [-0.15, -0.1) is 0 Å². The number of anilines is 1. The molecule has 1 aromatic carbocycles. The van der Waals surface area contributed by atoms with Crippen LogP contribution in [-0.2, 0) is 0 Å². The molecule has 4 heteroatoms. The lowest BCUT2D eigenvalue weighted by Gasteiger charge is -2.26. The third-order valence-electron chi connectivity index (χ3n) is 4.13. The van der Waals surface area contributed by atoms with Crippen LogP contribution in [0.3, 0.4) is 0 Å². The van der Waals surface area contributed by atoms with Crippen molar-refractivity contribution >= 4 is 11.7 Å². The summed E-state index contributed by atoms with van der Waals surface area (Å²) in [4.78, 5) is 11.1. The minimum Gasteiger partial charge on any atom is -0.478 e. The first-order valence-electron chi connectivity index (χ1n) is 7.33. The summed E-state index contributed by atoms with van der Waals surface area (Å²) >= 11 is 0. The second kappa shape index (κ2) is 6.73. The predicted molar refractivity (Wildman–Crippen MR) is 77.6 cm³/mol. The van der Waals surface area contributed by atoms with Crippen molar-refractivity contribution in [3.05, 3.63) is 29.6 Å². The summed E-state index contributed by atoms with van der Waals surface area (Å²) in [5.41, 5.74) is 0.504. The molecule has 1 aromatic rings. The fourth-order valence-electron chi connectivity index (χ4n) is 3.08. The molecule has 0 saturated heterocycles. The maximum Gasteiger partial charge on any atom is 0.337 e. The Morgan fingerprint density at radius 1 is 1.45 bits per heavy atom. The van der Waals surface area contributed by atoms with Gasteiger partial charge in [-0.05, 0) is 42.9 Å². The number of aromatic carboxylic acids is 1. The number of hydrogen-bond donors (Lipinski definition) is 2. The zero-order valence-electron chi connectivity index (χ0n) is 11.9. The van der Waals surface area contributed by atoms with Crippen molar-refractivity contribution in [2.24, 2.45) is 11.8 Å². The monoisotopic (exact) mass is 279 g/mol. The number of rotatable bonds is 5. The summed E-state index contributed by atoms with van der Waals surface area (Å²) < 4.78 is 13.1. The molecule has 0 heterocycles. The van der Waals surface area contributed by atoms with E-state index in [0.29, 0.717) is 5.69 Å². The highest BCUT2D eigenvalue weighted by Crippen LogP contribution is 2.30. The quantitative estimate of drug-likeness (QED) is 0.851. The number of halogens is 1. The van der Waals surface area contributed by atoms with Crippen LogP contribution in [0.25, 0.3) is 0 Å². The van der Waals surface area contributed by atoms with Gasteiger partial charge in [0.25, 0.3) is 0 Å². The van der Waals surface area contributed by atoms with E-state index in [1.165, 1.54) is 37.8 Å². The molecule has 1 saturated carbocycles. The lowest BCUT2D eigenvalue weighted by atomic mass is 9.81. The first-order chi connectivity index (χ1) is 9.56. The van der Waals surface area contributed by atoms with Crippen LogP contribution in [0.5, 0.6) is 0 Å². The van der Waals surface area contributed by atoms with Crippen LogP contribution >= 0.6 is 0 Å². The average molecular weight is 279 g/mol. The molecule has 110 valence electrons. The second-order valence-electron chi connectivity index (χ2n) is 5.85. The largest absolute Gasteiger partial charge is 0.478 e. The number of nitrogens with one attached hydrogen (secondary N) is 1. The van der Waals surface area contributed by atoms with Crippen molar-refractivity contribution in [1.82, 2.24) is 0 Å². The van der Waals surface area contributed by atoms with Gasteiger partial charge in [0.15, 0.2) is 0 Å². The van der Waals surface area contributed by atoms with E-state index in [1.807, 2.05) is 0 Å². The molecule has 2 N–H and O–H groups in total. The Morgan fingerprint density at radius 3 is 2.95 bits per heavy atom. The number of benzene rings is 1. The minimum atomic E-state index is -1.10. The molecule has 0 amide bonds. The molecular weight excluding hydrogens is 257 g/mol. The van der Waals surface area contributed by atoms with Gasteiger partial charge in [0.1, 0.15) is 5.82 Å². The fourth-order valence-corrected chi connectivity index (χ4v) is 3.08. The van der Waals surface area contributed by atoms with E-state index in [-0.39, 0.29) is 5.56 Å². The molecule has 0 aliphatic heterocycles. The van der Waals surface area contributed by atoms with Crippen molar-refractivity contribution in [3.63, 3.8) is 0 Å². The molecule has 2 atom stereocenters. The first kappa shape index (κ1) is 14.8. The average Bonchev–Trinajstić information content (AvgIpc) is 2.40. The third kappa shape index (κ3) is 3.95. The molecule has 2 unspecified atom stereocenters. The number of hydrogen-bond acceptors (Lipinski definition) is 2. The van der Waals surface area contributed by atoms with Gasteiger partial charge in [0.2, 0.25) is 0 Å². The summed E-state index contributed by atoms with van der Waals surface area (Å²) in [6.45, 7) is 3.03. The molecule has 1 aliphatic carbocycles. The smallest absolute Gasteiger partial charge is 0.337 e. The van der Waals surface area contributed by atoms with E-state index in [2.05, 4.69) is 12.2 Å². The summed E-state index contributed by atoms with van der Waals surface area (Å²) in [5.74, 6) is -0.0959. The van der Waals surface area contributed by atoms with Crippen molar-refractivity contribution in [2.75, 3.05) is 11.9 Å². The highest BCUT2D eigenvalue weighted by molar-refractivity contribution is 5.94. The van der Waals surface area contributed by atoms with Crippen LogP contribution in [0.1, 0.15) is 49.4 Å². The highest BCUT2D eigenvalue weighted by atomic mass is 19.1. The Hall–Kier alpha value is -1.58. The topological polar surface area (TPSA) is 49.3 Å². The van der Waals surface area contributed by atoms with E-state index in [4.69, 9.17) is 5.11 Å². The Morgan fingerprint density at radius 2 is 2.25 bits per heavy atom. The van der Waals surface area contributed by atoms with E-state index < -0.39 is 11.8 Å². The van der Waals surface area contributed by atoms with Crippen LogP contribution in [0.2, 0.25) is 0 Å². The van der Waals surface area contributed by atoms with Crippen LogP contribution < -0.4 is 5.32 Å². The van der Waals surface area contributed by atoms with Crippen LogP contribution in [0.15, 0.2) is 18.2 Å². The van der Waals surface area contributed by atoms with Gasteiger partial charge in [-0.1, -0.05) is 26.2 Å². The Bertz CT molecular complexity index is 476. The third-order valence-corrected chi connectivity index (χ3v) is 4.13. The second-order valence-corrected chi connectivity index (χ2v) is 5.85. The summed E-state index contributed by atoms with van der Waals surface area (Å²) in [5, 5.41) is 12.2. The van der Waals surface area contributed by atoms with E-state index >= 15 is 0 Å². The van der Waals surface area contributed by atoms with Crippen LogP contribution in [-0.4, -0.2) is 17.6 Å². The van der Waals surface area contributed by atoms with Crippen molar-refractivity contribution in [1.29, 1.82) is 0 Å². The molecule has 20 heavy (non-hydrogen) atoms. The lowest BCUT2D eigenvalue weighted by molar-refractivity contribution is 0.0697. The molecule has 0 aromatic heterocycles. The van der Waals surface area contributed by atoms with Gasteiger partial charge >= 0.3 is 5.97 Å². The van der Waals surface area contributed by atoms with Crippen molar-refractivity contribution in [2.45, 2.75) is 39.0 Å². The summed E-state index contributed by atoms with van der Waals surface area (Å²) in [6, 6.07) is 3.85. The van der Waals surface area contributed by atoms with Gasteiger partial charge < -0.3 is 10.4 Å². The van der Waals surface area contributed by atoms with Gasteiger partial charge in [0, 0.05) is 12.2 Å². The van der Waals surface area contributed by atoms with Crippen molar-refractivity contribution in [3.8, 4) is 0 Å². The van der Waals surface area contributed by atoms with E-state index in [0.717, 1.165) is 30.9 Å². The molecular formula is C16H22FNO2. The molecule has 0 spiro atoms. The molecule has 3 nitrogen and oxygen atoms in total. The number of carboxylic acids is 1. The normalized spacial score (nSPS) is 22.5. The van der Waals surface area contributed by atoms with Crippen molar-refractivity contribution < 1.29 is 14.3 Å². The number of carbonyl (C=O) groups is 1. The Balaban J connectivity index is 1.89. The number of carboxylic acid groups (broad SMARTS) is 1. The van der Waals surface area contributed by atoms with Crippen LogP contribution in [0, 0.1) is 17.7 Å². The van der Waals surface area contributed by atoms with Gasteiger partial charge in [-0.3, -0.25) is 0 Å². The highest BCUT2D eigenvalue weighted by Gasteiger charge is 2.18. The maximum atomic E-state index is 13.1. The Labute approximate surface area is 119 Å². The molecule has 0 radical (unpaired) electrons. The maximum absolute atomic E-state index is 13.1. The standard InChI is InChI=1S/C16H22FNO2/c1-11-3-2-4-12(9-11)7-8-18-15-6-5-13(17)10-14(15)16(19)20/h5-6,10-12,18H,2-4,7-9H2,1H3,(H,19,20). The Kier molecular flexibility index (Phi) is 4.99. The zero-order valence-corrected chi connectivity index (χ0v) is 11.9. The lowest BCUT2D eigenvalue weighted by Crippen LogP contribution is -2.17. The van der Waals surface area contributed by atoms with Gasteiger partial charge in [-0.2, -0.15) is 0 Å². The molecule has 0 bridgehead atoms. The summed E-state index contributed by atoms with van der Waals surface area (Å²) in [7, 11) is 0. The predicted octanol–water partition coefficient (Wildman–Crippen LogP) is 4.15. The zero-order chi connectivity index (χ0) is 14.5. The molecule has 1 aliphatic rings. The van der Waals surface area contributed by atoms with Gasteiger partial charge in [-0.25, -0.2) is 9.18 Å². The molecule has 2 rings (SSSR count). The minimum absolute atomic E-state index is 0.00186. The fraction of sp³-hybridized carbons (Fsp3) is 0.562. The summed E-state index contributed by atoms with van der Waals surface area (Å²) in [6.07, 6.45) is 6.19. The van der Waals surface area contributed by atoms with Crippen LogP contribution in [0.4, 0.5) is 10.1 Å².